The maximum atomic E-state index is 14.3. The number of carbonyl (C=O) groups is 1. The van der Waals surface area contributed by atoms with Crippen molar-refractivity contribution in [2.45, 2.75) is 6.17 Å². The lowest BCUT2D eigenvalue weighted by molar-refractivity contribution is -0.142. The maximum absolute atomic E-state index is 14.3. The summed E-state index contributed by atoms with van der Waals surface area (Å²) in [6.45, 7) is 0.504. The first-order valence-electron chi connectivity index (χ1n) is 7.62. The first-order valence-corrected chi connectivity index (χ1v) is 7.62. The summed E-state index contributed by atoms with van der Waals surface area (Å²) in [4.78, 5) is 24.8. The summed E-state index contributed by atoms with van der Waals surface area (Å²) >= 11 is 0. The number of aliphatic hydroxyl groups excluding tert-OH is 1. The Morgan fingerprint density at radius 2 is 2.12 bits per heavy atom. The quantitative estimate of drug-likeness (QED) is 0.851. The van der Waals surface area contributed by atoms with Crippen molar-refractivity contribution in [3.05, 3.63) is 46.5 Å². The number of carboxylic acids is 1. The lowest BCUT2D eigenvalue weighted by atomic mass is 9.79. The van der Waals surface area contributed by atoms with Crippen LogP contribution < -0.4 is 10.5 Å². The Kier molecular flexibility index (Phi) is 4.13. The molecule has 2 N–H and O–H groups in total. The predicted molar refractivity (Wildman–Crippen MR) is 84.5 cm³/mol. The van der Waals surface area contributed by atoms with Crippen LogP contribution in [0, 0.1) is 17.8 Å². The topological polar surface area (TPSA) is 95.7 Å². The number of aromatic nitrogens is 2. The number of hydrogen-bond acceptors (Lipinski definition) is 5. The number of alkyl halides is 1. The molecule has 0 saturated carbocycles. The number of anilines is 1. The van der Waals surface area contributed by atoms with Crippen LogP contribution in [-0.2, 0) is 11.8 Å². The van der Waals surface area contributed by atoms with Gasteiger partial charge in [-0.15, -0.1) is 0 Å². The Morgan fingerprint density at radius 3 is 2.75 bits per heavy atom. The van der Waals surface area contributed by atoms with Crippen LogP contribution >= 0.6 is 0 Å². The molecule has 1 saturated heterocycles. The standard InChI is InChI=1S/C16H18FN3O4/c1-19-15(22)5-4-14(18-19)20-7-11(12(8-20)16(23)24)10-3-2-9(21)6-13(10)17/h2-6,10-13,21H,7-8H2,1H3,(H,23,24)/t10?,11-,12?,13?/m0/s1. The van der Waals surface area contributed by atoms with Crippen LogP contribution in [0.15, 0.2) is 40.9 Å². The largest absolute Gasteiger partial charge is 0.508 e. The summed E-state index contributed by atoms with van der Waals surface area (Å²) in [6, 6.07) is 2.91. The van der Waals surface area contributed by atoms with Gasteiger partial charge in [0.05, 0.1) is 5.92 Å². The SMILES string of the molecule is Cn1nc(N2CC(C(=O)O)[C@H](C3C=CC(O)=CC3F)C2)ccc1=O. The summed E-state index contributed by atoms with van der Waals surface area (Å²) in [5, 5.41) is 23.0. The number of aryl methyl sites for hydroxylation is 1. The van der Waals surface area contributed by atoms with Gasteiger partial charge in [0.2, 0.25) is 0 Å². The van der Waals surface area contributed by atoms with Gasteiger partial charge in [0.25, 0.3) is 5.56 Å². The third-order valence-corrected chi connectivity index (χ3v) is 4.63. The molecule has 128 valence electrons. The molecule has 1 aliphatic carbocycles. The Hall–Kier alpha value is -2.64. The van der Waals surface area contributed by atoms with Crippen molar-refractivity contribution in [1.29, 1.82) is 0 Å². The van der Waals surface area contributed by atoms with Crippen LogP contribution in [0.3, 0.4) is 0 Å². The summed E-state index contributed by atoms with van der Waals surface area (Å²) in [7, 11) is 1.52. The highest BCUT2D eigenvalue weighted by molar-refractivity contribution is 5.72. The molecule has 1 aromatic rings. The Balaban J connectivity index is 1.87. The van der Waals surface area contributed by atoms with Crippen molar-refractivity contribution in [1.82, 2.24) is 9.78 Å². The zero-order valence-electron chi connectivity index (χ0n) is 13.0. The fourth-order valence-corrected chi connectivity index (χ4v) is 3.35. The van der Waals surface area contributed by atoms with Gasteiger partial charge >= 0.3 is 5.97 Å². The van der Waals surface area contributed by atoms with Crippen LogP contribution in [0.5, 0.6) is 0 Å². The second kappa shape index (κ2) is 6.10. The molecular weight excluding hydrogens is 317 g/mol. The van der Waals surface area contributed by atoms with Crippen LogP contribution in [0.1, 0.15) is 0 Å². The number of halogens is 1. The molecular formula is C16H18FN3O4. The molecule has 24 heavy (non-hydrogen) atoms. The Labute approximate surface area is 137 Å². The highest BCUT2D eigenvalue weighted by Gasteiger charge is 2.44. The van der Waals surface area contributed by atoms with E-state index in [0.29, 0.717) is 12.4 Å². The number of hydrogen-bond donors (Lipinski definition) is 2. The minimum atomic E-state index is -1.44. The molecule has 1 aromatic heterocycles. The van der Waals surface area contributed by atoms with Gasteiger partial charge in [-0.1, -0.05) is 6.08 Å². The van der Waals surface area contributed by atoms with Crippen molar-refractivity contribution >= 4 is 11.8 Å². The van der Waals surface area contributed by atoms with E-state index in [-0.39, 0.29) is 17.9 Å². The molecule has 8 heteroatoms. The second-order valence-corrected chi connectivity index (χ2v) is 6.14. The van der Waals surface area contributed by atoms with Crippen molar-refractivity contribution in [3.8, 4) is 0 Å². The molecule has 2 heterocycles. The van der Waals surface area contributed by atoms with Gasteiger partial charge in [0.1, 0.15) is 17.7 Å². The molecule has 0 radical (unpaired) electrons. The predicted octanol–water partition coefficient (Wildman–Crippen LogP) is 0.883. The van der Waals surface area contributed by atoms with Gasteiger partial charge in [0.15, 0.2) is 0 Å². The van der Waals surface area contributed by atoms with E-state index < -0.39 is 29.9 Å². The third kappa shape index (κ3) is 2.91. The number of aliphatic hydroxyl groups is 1. The highest BCUT2D eigenvalue weighted by Crippen LogP contribution is 2.37. The number of aliphatic carboxylic acids is 1. The van der Waals surface area contributed by atoms with Gasteiger partial charge < -0.3 is 15.1 Å². The van der Waals surface area contributed by atoms with Gasteiger partial charge in [-0.3, -0.25) is 9.59 Å². The fraction of sp³-hybridized carbons (Fsp3) is 0.438. The Bertz CT molecular complexity index is 773. The average molecular weight is 335 g/mol. The minimum Gasteiger partial charge on any atom is -0.508 e. The summed E-state index contributed by atoms with van der Waals surface area (Å²) in [6.07, 6.45) is 2.58. The first-order chi connectivity index (χ1) is 11.4. The van der Waals surface area contributed by atoms with E-state index >= 15 is 0 Å². The van der Waals surface area contributed by atoms with Gasteiger partial charge in [-0.2, -0.15) is 5.10 Å². The van der Waals surface area contributed by atoms with E-state index in [1.165, 1.54) is 29.9 Å². The van der Waals surface area contributed by atoms with E-state index in [2.05, 4.69) is 5.10 Å². The molecule has 0 spiro atoms. The van der Waals surface area contributed by atoms with Crippen molar-refractivity contribution < 1.29 is 19.4 Å². The Morgan fingerprint density at radius 1 is 1.38 bits per heavy atom. The molecule has 0 bridgehead atoms. The van der Waals surface area contributed by atoms with Gasteiger partial charge in [-0.05, 0) is 18.2 Å². The number of rotatable bonds is 3. The monoisotopic (exact) mass is 335 g/mol. The van der Waals surface area contributed by atoms with E-state index in [1.807, 2.05) is 0 Å². The third-order valence-electron chi connectivity index (χ3n) is 4.63. The fourth-order valence-electron chi connectivity index (χ4n) is 3.35. The normalized spacial score (nSPS) is 29.6. The molecule has 7 nitrogen and oxygen atoms in total. The van der Waals surface area contributed by atoms with Crippen molar-refractivity contribution in [2.75, 3.05) is 18.0 Å². The molecule has 0 amide bonds. The van der Waals surface area contributed by atoms with E-state index in [9.17, 15) is 24.2 Å². The van der Waals surface area contributed by atoms with E-state index in [4.69, 9.17) is 0 Å². The molecule has 1 aliphatic heterocycles. The van der Waals surface area contributed by atoms with E-state index in [1.54, 1.807) is 11.0 Å². The van der Waals surface area contributed by atoms with E-state index in [0.717, 1.165) is 6.08 Å². The number of carboxylic acid groups (broad SMARTS) is 1. The zero-order valence-corrected chi connectivity index (χ0v) is 13.0. The highest BCUT2D eigenvalue weighted by atomic mass is 19.1. The lowest BCUT2D eigenvalue weighted by Gasteiger charge is -2.27. The number of nitrogens with zero attached hydrogens (tertiary/aromatic N) is 3. The first kappa shape index (κ1) is 16.2. The lowest BCUT2D eigenvalue weighted by Crippen LogP contribution is -2.33. The molecule has 3 rings (SSSR count). The molecule has 1 fully saturated rings. The van der Waals surface area contributed by atoms with Crippen LogP contribution in [0.2, 0.25) is 0 Å². The summed E-state index contributed by atoms with van der Waals surface area (Å²) < 4.78 is 15.5. The smallest absolute Gasteiger partial charge is 0.308 e. The summed E-state index contributed by atoms with van der Waals surface area (Å²) in [5.74, 6) is -2.51. The van der Waals surface area contributed by atoms with Crippen LogP contribution in [-0.4, -0.2) is 45.2 Å². The van der Waals surface area contributed by atoms with Crippen LogP contribution in [0.4, 0.5) is 10.2 Å². The average Bonchev–Trinajstić information content (AvgIpc) is 2.95. The van der Waals surface area contributed by atoms with Crippen molar-refractivity contribution in [3.63, 3.8) is 0 Å². The minimum absolute atomic E-state index is 0.153. The maximum Gasteiger partial charge on any atom is 0.308 e. The second-order valence-electron chi connectivity index (χ2n) is 6.14. The zero-order chi connectivity index (χ0) is 17.4. The van der Waals surface area contributed by atoms with Crippen molar-refractivity contribution in [2.24, 2.45) is 24.8 Å². The molecule has 3 unspecified atom stereocenters. The van der Waals surface area contributed by atoms with Gasteiger partial charge in [-0.25, -0.2) is 9.07 Å². The molecule has 2 aliphatic rings. The molecule has 4 atom stereocenters. The number of allylic oxidation sites excluding steroid dienone is 3. The van der Waals surface area contributed by atoms with Crippen LogP contribution in [0.25, 0.3) is 0 Å². The molecule has 0 aromatic carbocycles. The summed E-state index contributed by atoms with van der Waals surface area (Å²) in [5.41, 5.74) is -0.260. The van der Waals surface area contributed by atoms with Gasteiger partial charge in [0, 0.05) is 38.0 Å².